The Bertz CT molecular complexity index is 746. The summed E-state index contributed by atoms with van der Waals surface area (Å²) in [5.41, 5.74) is 1.40. The molecule has 0 aliphatic rings. The number of benzene rings is 1. The summed E-state index contributed by atoms with van der Waals surface area (Å²) >= 11 is 0. The van der Waals surface area contributed by atoms with Crippen LogP contribution in [0.1, 0.15) is 12.5 Å². The number of tetrazole rings is 1. The highest BCUT2D eigenvalue weighted by molar-refractivity contribution is 5.85. The molecule has 18 heavy (non-hydrogen) atoms. The van der Waals surface area contributed by atoms with E-state index in [2.05, 4.69) is 20.6 Å². The van der Waals surface area contributed by atoms with Gasteiger partial charge in [0.15, 0.2) is 0 Å². The number of nitrogens with zero attached hydrogens (tertiary/aromatic N) is 3. The van der Waals surface area contributed by atoms with Crippen molar-refractivity contribution in [3.63, 3.8) is 0 Å². The summed E-state index contributed by atoms with van der Waals surface area (Å²) in [7, 11) is 0. The molecule has 0 aliphatic carbocycles. The molecule has 2 heterocycles. The van der Waals surface area contributed by atoms with Crippen LogP contribution in [0.2, 0.25) is 0 Å². The summed E-state index contributed by atoms with van der Waals surface area (Å²) < 4.78 is 5.28. The number of para-hydroxylation sites is 1. The molecule has 6 nitrogen and oxygen atoms in total. The van der Waals surface area contributed by atoms with E-state index in [4.69, 9.17) is 4.42 Å². The average molecular weight is 242 g/mol. The lowest BCUT2D eigenvalue weighted by atomic mass is 10.0. The Morgan fingerprint density at radius 1 is 1.33 bits per heavy atom. The molecule has 0 unspecified atom stereocenters. The summed E-state index contributed by atoms with van der Waals surface area (Å²) in [5, 5.41) is 14.4. The molecular formula is C12H10N4O2. The third-order valence-electron chi connectivity index (χ3n) is 2.84. The standard InChI is InChI=1S/C12H10N4O2/c1-2-7-8-5-3-4-6-9(8)18-12(17)10(7)11-13-15-16-14-11/h3-6H,2H2,1H3,(H,13,14,15,16). The van der Waals surface area contributed by atoms with E-state index in [0.717, 1.165) is 10.9 Å². The van der Waals surface area contributed by atoms with Gasteiger partial charge in [0.25, 0.3) is 0 Å². The van der Waals surface area contributed by atoms with Crippen molar-refractivity contribution in [3.8, 4) is 11.4 Å². The molecule has 0 amide bonds. The second-order valence-corrected chi connectivity index (χ2v) is 3.83. The minimum Gasteiger partial charge on any atom is -0.422 e. The fourth-order valence-corrected chi connectivity index (χ4v) is 2.07. The lowest BCUT2D eigenvalue weighted by Gasteiger charge is -2.06. The zero-order chi connectivity index (χ0) is 12.5. The Kier molecular flexibility index (Phi) is 2.40. The number of aryl methyl sites for hydroxylation is 1. The van der Waals surface area contributed by atoms with Crippen molar-refractivity contribution < 1.29 is 4.42 Å². The normalized spacial score (nSPS) is 10.9. The van der Waals surface area contributed by atoms with Gasteiger partial charge in [0.2, 0.25) is 5.82 Å². The molecule has 0 aliphatic heterocycles. The molecule has 2 aromatic heterocycles. The molecule has 3 aromatic rings. The topological polar surface area (TPSA) is 84.7 Å². The first-order valence-electron chi connectivity index (χ1n) is 5.59. The predicted octanol–water partition coefficient (Wildman–Crippen LogP) is 1.54. The summed E-state index contributed by atoms with van der Waals surface area (Å²) in [5.74, 6) is 0.270. The Balaban J connectivity index is 2.45. The summed E-state index contributed by atoms with van der Waals surface area (Å²) in [6, 6.07) is 7.43. The first-order chi connectivity index (χ1) is 8.81. The van der Waals surface area contributed by atoms with Gasteiger partial charge in [-0.1, -0.05) is 25.1 Å². The van der Waals surface area contributed by atoms with Crippen molar-refractivity contribution in [1.82, 2.24) is 20.6 Å². The van der Waals surface area contributed by atoms with Crippen molar-refractivity contribution >= 4 is 11.0 Å². The smallest absolute Gasteiger partial charge is 0.347 e. The van der Waals surface area contributed by atoms with Gasteiger partial charge in [-0.3, -0.25) is 0 Å². The number of aromatic amines is 1. The van der Waals surface area contributed by atoms with Gasteiger partial charge >= 0.3 is 5.63 Å². The van der Waals surface area contributed by atoms with Crippen LogP contribution in [0.15, 0.2) is 33.5 Å². The van der Waals surface area contributed by atoms with Crippen LogP contribution < -0.4 is 5.63 Å². The number of fused-ring (bicyclic) bond motifs is 1. The number of hydrogen-bond donors (Lipinski definition) is 1. The molecule has 0 fully saturated rings. The maximum atomic E-state index is 12.0. The lowest BCUT2D eigenvalue weighted by molar-refractivity contribution is 0.561. The van der Waals surface area contributed by atoms with Crippen molar-refractivity contribution in [3.05, 3.63) is 40.2 Å². The fourth-order valence-electron chi connectivity index (χ4n) is 2.07. The first-order valence-corrected chi connectivity index (χ1v) is 5.59. The Hall–Kier alpha value is -2.50. The van der Waals surface area contributed by atoms with Crippen molar-refractivity contribution in [2.24, 2.45) is 0 Å². The van der Waals surface area contributed by atoms with E-state index >= 15 is 0 Å². The van der Waals surface area contributed by atoms with Gasteiger partial charge in [0.1, 0.15) is 11.1 Å². The fraction of sp³-hybridized carbons (Fsp3) is 0.167. The van der Waals surface area contributed by atoms with Crippen LogP contribution in [-0.2, 0) is 6.42 Å². The minimum atomic E-state index is -0.438. The summed E-state index contributed by atoms with van der Waals surface area (Å²) in [4.78, 5) is 12.0. The molecule has 1 aromatic carbocycles. The Morgan fingerprint density at radius 2 is 2.17 bits per heavy atom. The Morgan fingerprint density at radius 3 is 2.89 bits per heavy atom. The molecule has 0 spiro atoms. The highest BCUT2D eigenvalue weighted by Gasteiger charge is 2.17. The van der Waals surface area contributed by atoms with Gasteiger partial charge < -0.3 is 4.42 Å². The molecule has 0 bridgehead atoms. The monoisotopic (exact) mass is 242 g/mol. The van der Waals surface area contributed by atoms with E-state index in [1.165, 1.54) is 0 Å². The largest absolute Gasteiger partial charge is 0.422 e. The number of hydrogen-bond acceptors (Lipinski definition) is 5. The second kappa shape index (κ2) is 4.06. The van der Waals surface area contributed by atoms with Gasteiger partial charge in [-0.15, -0.1) is 10.2 Å². The van der Waals surface area contributed by atoms with Gasteiger partial charge in [0, 0.05) is 5.39 Å². The van der Waals surface area contributed by atoms with E-state index in [1.807, 2.05) is 25.1 Å². The van der Waals surface area contributed by atoms with Gasteiger partial charge in [0.05, 0.1) is 0 Å². The molecule has 0 saturated heterocycles. The molecule has 1 N–H and O–H groups in total. The highest BCUT2D eigenvalue weighted by atomic mass is 16.4. The van der Waals surface area contributed by atoms with Crippen LogP contribution in [0.5, 0.6) is 0 Å². The quantitative estimate of drug-likeness (QED) is 0.689. The van der Waals surface area contributed by atoms with E-state index < -0.39 is 5.63 Å². The SMILES string of the molecule is CCc1c(-c2nn[nH]n2)c(=O)oc2ccccc12. The third-order valence-corrected chi connectivity index (χ3v) is 2.84. The summed E-state index contributed by atoms with van der Waals surface area (Å²) in [6.45, 7) is 1.98. The van der Waals surface area contributed by atoms with Gasteiger partial charge in [-0.05, 0) is 23.3 Å². The maximum absolute atomic E-state index is 12.0. The summed E-state index contributed by atoms with van der Waals surface area (Å²) in [6.07, 6.45) is 0.690. The second-order valence-electron chi connectivity index (χ2n) is 3.83. The van der Waals surface area contributed by atoms with Gasteiger partial charge in [-0.25, -0.2) is 4.79 Å². The van der Waals surface area contributed by atoms with E-state index in [0.29, 0.717) is 17.6 Å². The third kappa shape index (κ3) is 1.50. The van der Waals surface area contributed by atoms with E-state index in [1.54, 1.807) is 6.07 Å². The van der Waals surface area contributed by atoms with Gasteiger partial charge in [-0.2, -0.15) is 5.21 Å². The van der Waals surface area contributed by atoms with Crippen LogP contribution >= 0.6 is 0 Å². The van der Waals surface area contributed by atoms with Crippen LogP contribution in [0.3, 0.4) is 0 Å². The number of H-pyrrole nitrogens is 1. The Labute approximate surface area is 102 Å². The lowest BCUT2D eigenvalue weighted by Crippen LogP contribution is -2.08. The van der Waals surface area contributed by atoms with Crippen LogP contribution in [-0.4, -0.2) is 20.6 Å². The van der Waals surface area contributed by atoms with Crippen molar-refractivity contribution in [1.29, 1.82) is 0 Å². The number of nitrogens with one attached hydrogen (secondary N) is 1. The van der Waals surface area contributed by atoms with Crippen LogP contribution in [0, 0.1) is 0 Å². The maximum Gasteiger partial charge on any atom is 0.347 e. The minimum absolute atomic E-state index is 0.270. The molecule has 6 heteroatoms. The zero-order valence-corrected chi connectivity index (χ0v) is 9.67. The van der Waals surface area contributed by atoms with Crippen molar-refractivity contribution in [2.75, 3.05) is 0 Å². The van der Waals surface area contributed by atoms with Crippen LogP contribution in [0.25, 0.3) is 22.4 Å². The molecule has 0 atom stereocenters. The first kappa shape index (κ1) is 10.6. The highest BCUT2D eigenvalue weighted by Crippen LogP contribution is 2.24. The molecule has 0 saturated carbocycles. The molecule has 3 rings (SSSR count). The molecular weight excluding hydrogens is 232 g/mol. The predicted molar refractivity (Wildman–Crippen MR) is 65.0 cm³/mol. The van der Waals surface area contributed by atoms with Crippen LogP contribution in [0.4, 0.5) is 0 Å². The molecule has 90 valence electrons. The van der Waals surface area contributed by atoms with E-state index in [-0.39, 0.29) is 5.82 Å². The van der Waals surface area contributed by atoms with Crippen molar-refractivity contribution in [2.45, 2.75) is 13.3 Å². The number of aromatic nitrogens is 4. The average Bonchev–Trinajstić information content (AvgIpc) is 2.90. The zero-order valence-electron chi connectivity index (χ0n) is 9.67. The van der Waals surface area contributed by atoms with E-state index in [9.17, 15) is 4.79 Å². The molecule has 0 radical (unpaired) electrons. The number of rotatable bonds is 2.